The molecule has 0 bridgehead atoms. The highest BCUT2D eigenvalue weighted by Gasteiger charge is 2.16. The Morgan fingerprint density at radius 2 is 1.62 bits per heavy atom. The summed E-state index contributed by atoms with van der Waals surface area (Å²) in [5.41, 5.74) is 1.74. The first kappa shape index (κ1) is 19.3. The second kappa shape index (κ2) is 9.01. The molecule has 1 saturated carbocycles. The monoisotopic (exact) mass is 406 g/mol. The van der Waals surface area contributed by atoms with Gasteiger partial charge in [0.15, 0.2) is 5.76 Å². The number of anilines is 2. The van der Waals surface area contributed by atoms with E-state index < -0.39 is 0 Å². The number of furan rings is 1. The lowest BCUT2D eigenvalue weighted by Crippen LogP contribution is -2.14. The Balaban J connectivity index is 1.37. The number of hydrogen-bond acceptors (Lipinski definition) is 4. The van der Waals surface area contributed by atoms with Crippen molar-refractivity contribution in [2.24, 2.45) is 0 Å². The fraction of sp³-hybridized carbons (Fsp3) is 0.217. The zero-order valence-electron chi connectivity index (χ0n) is 15.9. The minimum absolute atomic E-state index is 0.218. The van der Waals surface area contributed by atoms with Gasteiger partial charge in [-0.15, -0.1) is 11.8 Å². The number of benzene rings is 2. The molecule has 0 spiro atoms. The van der Waals surface area contributed by atoms with Crippen molar-refractivity contribution in [3.05, 3.63) is 78.3 Å². The van der Waals surface area contributed by atoms with E-state index in [1.54, 1.807) is 36.4 Å². The van der Waals surface area contributed by atoms with E-state index in [4.69, 9.17) is 4.42 Å². The molecule has 3 aromatic rings. The number of thioether (sulfide) groups is 1. The van der Waals surface area contributed by atoms with Gasteiger partial charge in [0, 0.05) is 27.1 Å². The van der Waals surface area contributed by atoms with Crippen LogP contribution in [-0.2, 0) is 0 Å². The summed E-state index contributed by atoms with van der Waals surface area (Å²) in [6.07, 6.45) is 6.67. The summed E-state index contributed by atoms with van der Waals surface area (Å²) >= 11 is 1.92. The van der Waals surface area contributed by atoms with Gasteiger partial charge in [-0.25, -0.2) is 0 Å². The maximum Gasteiger partial charge on any atom is 0.291 e. The van der Waals surface area contributed by atoms with Crippen molar-refractivity contribution in [1.82, 2.24) is 0 Å². The molecule has 0 saturated heterocycles. The van der Waals surface area contributed by atoms with Gasteiger partial charge in [-0.3, -0.25) is 9.59 Å². The minimum atomic E-state index is -0.358. The fourth-order valence-corrected chi connectivity index (χ4v) is 4.60. The van der Waals surface area contributed by atoms with E-state index >= 15 is 0 Å². The zero-order valence-corrected chi connectivity index (χ0v) is 16.7. The molecule has 1 fully saturated rings. The molecule has 1 aliphatic carbocycles. The third-order valence-corrected chi connectivity index (χ3v) is 6.19. The Labute approximate surface area is 173 Å². The van der Waals surface area contributed by atoms with Crippen LogP contribution in [0.4, 0.5) is 11.4 Å². The van der Waals surface area contributed by atoms with Crippen molar-refractivity contribution in [2.75, 3.05) is 10.6 Å². The molecule has 2 N–H and O–H groups in total. The summed E-state index contributed by atoms with van der Waals surface area (Å²) in [4.78, 5) is 25.9. The summed E-state index contributed by atoms with van der Waals surface area (Å²) in [6, 6.07) is 18.0. The van der Waals surface area contributed by atoms with Crippen LogP contribution in [0, 0.1) is 0 Å². The second-order valence-electron chi connectivity index (χ2n) is 7.02. The minimum Gasteiger partial charge on any atom is -0.459 e. The van der Waals surface area contributed by atoms with Crippen LogP contribution in [0.1, 0.15) is 46.6 Å². The first-order valence-electron chi connectivity index (χ1n) is 9.70. The molecule has 2 amide bonds. The topological polar surface area (TPSA) is 71.3 Å². The first-order valence-corrected chi connectivity index (χ1v) is 10.6. The van der Waals surface area contributed by atoms with Crippen LogP contribution in [0.3, 0.4) is 0 Å². The second-order valence-corrected chi connectivity index (χ2v) is 8.39. The van der Waals surface area contributed by atoms with Gasteiger partial charge < -0.3 is 15.1 Å². The average molecular weight is 407 g/mol. The molecular weight excluding hydrogens is 384 g/mol. The van der Waals surface area contributed by atoms with Crippen LogP contribution in [0.15, 0.2) is 76.2 Å². The van der Waals surface area contributed by atoms with Crippen molar-refractivity contribution >= 4 is 35.0 Å². The van der Waals surface area contributed by atoms with Gasteiger partial charge in [-0.05, 0) is 67.4 Å². The number of carbonyl (C=O) groups is 2. The molecule has 0 aliphatic heterocycles. The molecule has 0 unspecified atom stereocenters. The van der Waals surface area contributed by atoms with E-state index in [-0.39, 0.29) is 17.6 Å². The molecule has 29 heavy (non-hydrogen) atoms. The van der Waals surface area contributed by atoms with Crippen molar-refractivity contribution in [1.29, 1.82) is 0 Å². The summed E-state index contributed by atoms with van der Waals surface area (Å²) in [5, 5.41) is 6.35. The summed E-state index contributed by atoms with van der Waals surface area (Å²) in [7, 11) is 0. The first-order chi connectivity index (χ1) is 14.2. The maximum absolute atomic E-state index is 12.6. The molecule has 148 valence electrons. The van der Waals surface area contributed by atoms with E-state index in [0.717, 1.165) is 10.9 Å². The van der Waals surface area contributed by atoms with Gasteiger partial charge in [0.05, 0.1) is 6.26 Å². The van der Waals surface area contributed by atoms with E-state index in [1.165, 1.54) is 36.8 Å². The van der Waals surface area contributed by atoms with E-state index in [2.05, 4.69) is 22.8 Å². The van der Waals surface area contributed by atoms with Gasteiger partial charge in [0.2, 0.25) is 0 Å². The number of amides is 2. The summed E-state index contributed by atoms with van der Waals surface area (Å²) < 4.78 is 5.08. The van der Waals surface area contributed by atoms with Crippen LogP contribution in [0.25, 0.3) is 0 Å². The molecule has 4 rings (SSSR count). The Hall–Kier alpha value is -2.99. The van der Waals surface area contributed by atoms with Gasteiger partial charge in [0.25, 0.3) is 11.8 Å². The van der Waals surface area contributed by atoms with E-state index in [9.17, 15) is 9.59 Å². The smallest absolute Gasteiger partial charge is 0.291 e. The lowest BCUT2D eigenvalue weighted by molar-refractivity contribution is 0.0993. The normalized spacial score (nSPS) is 13.9. The fourth-order valence-electron chi connectivity index (χ4n) is 3.36. The number of carbonyl (C=O) groups excluding carboxylic acids is 2. The highest BCUT2D eigenvalue weighted by Crippen LogP contribution is 2.35. The van der Waals surface area contributed by atoms with Crippen LogP contribution in [0.2, 0.25) is 0 Å². The van der Waals surface area contributed by atoms with Crippen molar-refractivity contribution in [3.8, 4) is 0 Å². The molecule has 0 radical (unpaired) electrons. The van der Waals surface area contributed by atoms with Gasteiger partial charge in [-0.2, -0.15) is 0 Å². The lowest BCUT2D eigenvalue weighted by atomic mass is 10.1. The highest BCUT2D eigenvalue weighted by molar-refractivity contribution is 8.00. The average Bonchev–Trinajstić information content (AvgIpc) is 3.44. The largest absolute Gasteiger partial charge is 0.459 e. The van der Waals surface area contributed by atoms with E-state index in [1.807, 2.05) is 23.9 Å². The number of hydrogen-bond donors (Lipinski definition) is 2. The standard InChI is InChI=1S/C23H22N2O3S/c26-22(24-17-10-12-20(13-11-17)29-19-7-1-2-8-19)16-5-3-6-18(15-16)25-23(27)21-9-4-14-28-21/h3-6,9-15,19H,1-2,7-8H2,(H,24,26)(H,25,27). The van der Waals surface area contributed by atoms with Crippen LogP contribution < -0.4 is 10.6 Å². The highest BCUT2D eigenvalue weighted by atomic mass is 32.2. The predicted molar refractivity (Wildman–Crippen MR) is 116 cm³/mol. The Kier molecular flexibility index (Phi) is 6.00. The van der Waals surface area contributed by atoms with Gasteiger partial charge in [0.1, 0.15) is 0 Å². The number of rotatable bonds is 6. The predicted octanol–water partition coefficient (Wildman–Crippen LogP) is 5.82. The Morgan fingerprint density at radius 1 is 0.862 bits per heavy atom. The zero-order chi connectivity index (χ0) is 20.1. The molecule has 5 nitrogen and oxygen atoms in total. The maximum atomic E-state index is 12.6. The molecular formula is C23H22N2O3S. The van der Waals surface area contributed by atoms with Crippen molar-refractivity contribution < 1.29 is 14.0 Å². The van der Waals surface area contributed by atoms with Crippen molar-refractivity contribution in [2.45, 2.75) is 35.8 Å². The van der Waals surface area contributed by atoms with E-state index in [0.29, 0.717) is 11.3 Å². The Morgan fingerprint density at radius 3 is 2.34 bits per heavy atom. The van der Waals surface area contributed by atoms with Gasteiger partial charge in [-0.1, -0.05) is 18.9 Å². The van der Waals surface area contributed by atoms with Crippen LogP contribution in [-0.4, -0.2) is 17.1 Å². The quantitative estimate of drug-likeness (QED) is 0.541. The SMILES string of the molecule is O=C(Nc1ccc(SC2CCCC2)cc1)c1cccc(NC(=O)c2ccco2)c1. The van der Waals surface area contributed by atoms with Crippen LogP contribution in [0.5, 0.6) is 0 Å². The molecule has 6 heteroatoms. The van der Waals surface area contributed by atoms with Gasteiger partial charge >= 0.3 is 0 Å². The third kappa shape index (κ3) is 5.09. The Bertz CT molecular complexity index is 978. The molecule has 1 heterocycles. The number of nitrogens with one attached hydrogen (secondary N) is 2. The molecule has 1 aromatic heterocycles. The van der Waals surface area contributed by atoms with Crippen molar-refractivity contribution in [3.63, 3.8) is 0 Å². The third-order valence-electron chi connectivity index (χ3n) is 4.84. The van der Waals surface area contributed by atoms with Crippen LogP contribution >= 0.6 is 11.8 Å². The molecule has 2 aromatic carbocycles. The summed E-state index contributed by atoms with van der Waals surface area (Å²) in [5.74, 6) is -0.367. The molecule has 0 atom stereocenters. The molecule has 1 aliphatic rings. The summed E-state index contributed by atoms with van der Waals surface area (Å²) in [6.45, 7) is 0. The lowest BCUT2D eigenvalue weighted by Gasteiger charge is -2.10.